The van der Waals surface area contributed by atoms with Crippen LogP contribution in [0.2, 0.25) is 5.02 Å². The number of urea groups is 1. The van der Waals surface area contributed by atoms with Crippen LogP contribution in [0, 0.1) is 0 Å². The number of thiophene rings is 1. The summed E-state index contributed by atoms with van der Waals surface area (Å²) in [5, 5.41) is 2.19. The number of fused-ring (bicyclic) bond motifs is 1. The zero-order chi connectivity index (χ0) is 18.0. The molecule has 0 radical (unpaired) electrons. The highest BCUT2D eigenvalue weighted by molar-refractivity contribution is 7.21. The molecule has 3 N–H and O–H groups in total. The number of primary amides is 1. The van der Waals surface area contributed by atoms with Crippen LogP contribution in [0.15, 0.2) is 48.5 Å². The van der Waals surface area contributed by atoms with Crippen LogP contribution >= 0.6 is 22.9 Å². The second-order valence-electron chi connectivity index (χ2n) is 5.38. The van der Waals surface area contributed by atoms with Gasteiger partial charge in [0.25, 0.3) is 5.91 Å². The fourth-order valence-electron chi connectivity index (χ4n) is 2.45. The number of para-hydroxylation sites is 1. The Kier molecular flexibility index (Phi) is 4.92. The highest BCUT2D eigenvalue weighted by Gasteiger charge is 2.21. The van der Waals surface area contributed by atoms with E-state index in [1.54, 1.807) is 30.3 Å². The minimum atomic E-state index is -0.787. The van der Waals surface area contributed by atoms with Crippen LogP contribution in [0.5, 0.6) is 0 Å². The van der Waals surface area contributed by atoms with Gasteiger partial charge in [-0.25, -0.2) is 9.80 Å². The van der Waals surface area contributed by atoms with Crippen LogP contribution in [-0.4, -0.2) is 11.9 Å². The van der Waals surface area contributed by atoms with E-state index in [1.165, 1.54) is 16.9 Å². The third-order valence-corrected chi connectivity index (χ3v) is 5.41. The van der Waals surface area contributed by atoms with Crippen molar-refractivity contribution >= 4 is 50.6 Å². The van der Waals surface area contributed by atoms with Crippen molar-refractivity contribution in [3.05, 3.63) is 64.0 Å². The van der Waals surface area contributed by atoms with Gasteiger partial charge in [0.05, 0.1) is 10.7 Å². The molecule has 0 aliphatic rings. The molecule has 3 aromatic rings. The molecule has 5 nitrogen and oxygen atoms in total. The van der Waals surface area contributed by atoms with Crippen LogP contribution < -0.4 is 16.2 Å². The van der Waals surface area contributed by atoms with Crippen LogP contribution in [0.3, 0.4) is 0 Å². The lowest BCUT2D eigenvalue weighted by atomic mass is 10.1. The average molecular weight is 374 g/mol. The number of carbonyl (C=O) groups excluding carboxylic acids is 2. The Hall–Kier alpha value is -2.57. The van der Waals surface area contributed by atoms with Gasteiger partial charge in [0.15, 0.2) is 0 Å². The lowest BCUT2D eigenvalue weighted by Gasteiger charge is -2.20. The quantitative estimate of drug-likeness (QED) is 0.670. The maximum absolute atomic E-state index is 12.6. The number of nitrogens with one attached hydrogen (secondary N) is 1. The van der Waals surface area contributed by atoms with E-state index in [0.717, 1.165) is 21.5 Å². The minimum absolute atomic E-state index is 0.340. The van der Waals surface area contributed by atoms with Gasteiger partial charge in [0.2, 0.25) is 0 Å². The van der Waals surface area contributed by atoms with Crippen LogP contribution in [0.4, 0.5) is 10.5 Å². The van der Waals surface area contributed by atoms with E-state index in [1.807, 2.05) is 18.2 Å². The molecule has 25 heavy (non-hydrogen) atoms. The zero-order valence-corrected chi connectivity index (χ0v) is 15.0. The summed E-state index contributed by atoms with van der Waals surface area (Å²) in [4.78, 5) is 24.7. The van der Waals surface area contributed by atoms with Crippen LogP contribution in [-0.2, 0) is 6.42 Å². The molecule has 0 aliphatic carbocycles. The Labute approximate surface area is 154 Å². The predicted molar refractivity (Wildman–Crippen MR) is 102 cm³/mol. The van der Waals surface area contributed by atoms with Crippen molar-refractivity contribution in [2.45, 2.75) is 13.3 Å². The molecule has 0 aliphatic heterocycles. The fraction of sp³-hybridized carbons (Fsp3) is 0.111. The molecule has 0 bridgehead atoms. The van der Waals surface area contributed by atoms with E-state index in [9.17, 15) is 9.59 Å². The van der Waals surface area contributed by atoms with Gasteiger partial charge in [-0.05, 0) is 30.2 Å². The molecule has 0 saturated carbocycles. The van der Waals surface area contributed by atoms with Crippen molar-refractivity contribution in [1.82, 2.24) is 5.43 Å². The molecule has 0 atom stereocenters. The summed E-state index contributed by atoms with van der Waals surface area (Å²) < 4.78 is 0.930. The molecule has 0 fully saturated rings. The molecule has 0 saturated heterocycles. The number of hydrogen-bond acceptors (Lipinski definition) is 3. The second kappa shape index (κ2) is 7.13. The third kappa shape index (κ3) is 3.45. The number of amides is 3. The summed E-state index contributed by atoms with van der Waals surface area (Å²) in [5.41, 5.74) is 9.55. The largest absolute Gasteiger partial charge is 0.350 e. The first kappa shape index (κ1) is 17.3. The first-order chi connectivity index (χ1) is 12.0. The van der Waals surface area contributed by atoms with E-state index >= 15 is 0 Å². The molecule has 1 aromatic heterocycles. The molecular formula is C18H16ClN3O2S. The van der Waals surface area contributed by atoms with Gasteiger partial charge in [-0.2, -0.15) is 0 Å². The van der Waals surface area contributed by atoms with Crippen molar-refractivity contribution in [2.75, 3.05) is 5.01 Å². The first-order valence-electron chi connectivity index (χ1n) is 7.67. The predicted octanol–water partition coefficient (Wildman–Crippen LogP) is 4.35. The molecule has 1 heterocycles. The maximum atomic E-state index is 12.6. The summed E-state index contributed by atoms with van der Waals surface area (Å²) in [7, 11) is 0. The smallest absolute Gasteiger partial charge is 0.338 e. The molecule has 7 heteroatoms. The standard InChI is InChI=1S/C18H16ClN3O2S/c1-2-11-8-9-13-14(10-11)25-16(15(13)19)17(23)21-22(18(20)24)12-6-4-3-5-7-12/h3-10H,2H2,1H3,(H2,20,24)(H,21,23). The summed E-state index contributed by atoms with van der Waals surface area (Å²) in [5.74, 6) is -0.480. The second-order valence-corrected chi connectivity index (χ2v) is 6.81. The molecular weight excluding hydrogens is 358 g/mol. The summed E-state index contributed by atoms with van der Waals surface area (Å²) in [6.07, 6.45) is 0.899. The van der Waals surface area contributed by atoms with Crippen LogP contribution in [0.1, 0.15) is 22.2 Å². The molecule has 128 valence electrons. The van der Waals surface area contributed by atoms with E-state index < -0.39 is 11.9 Å². The Morgan fingerprint density at radius 1 is 1.20 bits per heavy atom. The van der Waals surface area contributed by atoms with Crippen molar-refractivity contribution in [1.29, 1.82) is 0 Å². The van der Waals surface area contributed by atoms with Gasteiger partial charge in [-0.15, -0.1) is 11.3 Å². The Bertz CT molecular complexity index is 940. The van der Waals surface area contributed by atoms with Crippen molar-refractivity contribution in [3.63, 3.8) is 0 Å². The van der Waals surface area contributed by atoms with Gasteiger partial charge < -0.3 is 5.73 Å². The number of rotatable bonds is 3. The molecule has 2 aromatic carbocycles. The number of aryl methyl sites for hydroxylation is 1. The Balaban J connectivity index is 1.93. The van der Waals surface area contributed by atoms with Crippen molar-refractivity contribution in [2.24, 2.45) is 5.73 Å². The molecule has 3 rings (SSSR count). The zero-order valence-electron chi connectivity index (χ0n) is 13.5. The van der Waals surface area contributed by atoms with Crippen molar-refractivity contribution < 1.29 is 9.59 Å². The number of nitrogens with two attached hydrogens (primary N) is 1. The lowest BCUT2D eigenvalue weighted by Crippen LogP contribution is -2.49. The number of anilines is 1. The number of hydrazine groups is 1. The Morgan fingerprint density at radius 3 is 2.56 bits per heavy atom. The van der Waals surface area contributed by atoms with Gasteiger partial charge in [0.1, 0.15) is 4.88 Å². The van der Waals surface area contributed by atoms with Gasteiger partial charge >= 0.3 is 6.03 Å². The number of nitrogens with zero attached hydrogens (tertiary/aromatic N) is 1. The number of halogens is 1. The van der Waals surface area contributed by atoms with E-state index in [4.69, 9.17) is 17.3 Å². The number of carbonyl (C=O) groups is 2. The first-order valence-corrected chi connectivity index (χ1v) is 8.87. The van der Waals surface area contributed by atoms with Gasteiger partial charge in [-0.1, -0.05) is 48.9 Å². The van der Waals surface area contributed by atoms with E-state index in [2.05, 4.69) is 12.3 Å². The monoisotopic (exact) mass is 373 g/mol. The average Bonchev–Trinajstić information content (AvgIpc) is 2.96. The molecule has 0 spiro atoms. The Morgan fingerprint density at radius 2 is 1.92 bits per heavy atom. The minimum Gasteiger partial charge on any atom is -0.350 e. The number of benzene rings is 2. The lowest BCUT2D eigenvalue weighted by molar-refractivity contribution is 0.0955. The normalized spacial score (nSPS) is 10.6. The highest BCUT2D eigenvalue weighted by Crippen LogP contribution is 2.36. The molecule has 0 unspecified atom stereocenters. The summed E-state index contributed by atoms with van der Waals surface area (Å²) >= 11 is 7.66. The summed E-state index contributed by atoms with van der Waals surface area (Å²) in [6.45, 7) is 2.06. The topological polar surface area (TPSA) is 75.4 Å². The van der Waals surface area contributed by atoms with Crippen molar-refractivity contribution in [3.8, 4) is 0 Å². The summed E-state index contributed by atoms with van der Waals surface area (Å²) in [6, 6.07) is 13.8. The van der Waals surface area contributed by atoms with E-state index in [-0.39, 0.29) is 0 Å². The fourth-order valence-corrected chi connectivity index (χ4v) is 3.92. The number of hydrogen-bond donors (Lipinski definition) is 2. The molecule has 3 amide bonds. The van der Waals surface area contributed by atoms with Crippen LogP contribution in [0.25, 0.3) is 10.1 Å². The van der Waals surface area contributed by atoms with Gasteiger partial charge in [-0.3, -0.25) is 10.2 Å². The maximum Gasteiger partial charge on any atom is 0.338 e. The third-order valence-electron chi connectivity index (χ3n) is 3.76. The van der Waals surface area contributed by atoms with E-state index in [0.29, 0.717) is 15.6 Å². The SMILES string of the molecule is CCc1ccc2c(Cl)c(C(=O)NN(C(N)=O)c3ccccc3)sc2c1. The highest BCUT2D eigenvalue weighted by atomic mass is 35.5. The van der Waals surface area contributed by atoms with Gasteiger partial charge in [0, 0.05) is 10.1 Å².